The molecule has 2 aromatic rings. The van der Waals surface area contributed by atoms with Crippen molar-refractivity contribution in [3.05, 3.63) is 24.5 Å². The number of rotatable bonds is 4. The van der Waals surface area contributed by atoms with E-state index in [0.29, 0.717) is 23.6 Å². The molecule has 0 spiro atoms. The van der Waals surface area contributed by atoms with Crippen LogP contribution in [0.5, 0.6) is 0 Å². The number of hydrogen-bond acceptors (Lipinski definition) is 4. The molecule has 0 radical (unpaired) electrons. The van der Waals surface area contributed by atoms with Gasteiger partial charge in [0, 0.05) is 30.3 Å². The Morgan fingerprint density at radius 2 is 2.16 bits per heavy atom. The number of carboxylic acid groups (broad SMARTS) is 1. The minimum atomic E-state index is -1.08. The van der Waals surface area contributed by atoms with Crippen molar-refractivity contribution in [2.24, 2.45) is 0 Å². The Morgan fingerprint density at radius 1 is 1.47 bits per heavy atom. The SMILES string of the molecule is CN(C(=O)O)c1nc(-c2ccncc2)nn1CCBr. The highest BCUT2D eigenvalue weighted by Gasteiger charge is 2.18. The largest absolute Gasteiger partial charge is 0.465 e. The number of hydrogen-bond donors (Lipinski definition) is 1. The van der Waals surface area contributed by atoms with Gasteiger partial charge in [-0.05, 0) is 12.1 Å². The van der Waals surface area contributed by atoms with Crippen LogP contribution in [-0.2, 0) is 6.54 Å². The number of amides is 1. The van der Waals surface area contributed by atoms with E-state index in [1.807, 2.05) is 0 Å². The summed E-state index contributed by atoms with van der Waals surface area (Å²) >= 11 is 3.31. The lowest BCUT2D eigenvalue weighted by atomic mass is 10.3. The van der Waals surface area contributed by atoms with E-state index in [4.69, 9.17) is 5.11 Å². The van der Waals surface area contributed by atoms with Gasteiger partial charge in [-0.15, -0.1) is 5.10 Å². The zero-order valence-corrected chi connectivity index (χ0v) is 11.8. The molecule has 0 aliphatic carbocycles. The maximum Gasteiger partial charge on any atom is 0.413 e. The van der Waals surface area contributed by atoms with Gasteiger partial charge >= 0.3 is 6.09 Å². The molecule has 0 aliphatic heterocycles. The average Bonchev–Trinajstić information content (AvgIpc) is 2.83. The molecule has 19 heavy (non-hydrogen) atoms. The smallest absolute Gasteiger partial charge is 0.413 e. The molecule has 0 atom stereocenters. The van der Waals surface area contributed by atoms with Crippen molar-refractivity contribution in [2.45, 2.75) is 6.54 Å². The standard InChI is InChI=1S/C11H12BrN5O2/c1-16(11(18)19)10-14-9(15-17(10)7-4-12)8-2-5-13-6-3-8/h2-3,5-6H,4,7H2,1H3,(H,18,19). The second-order valence-electron chi connectivity index (χ2n) is 3.73. The number of alkyl halides is 1. The van der Waals surface area contributed by atoms with Crippen LogP contribution in [0.25, 0.3) is 11.4 Å². The quantitative estimate of drug-likeness (QED) is 0.867. The molecule has 8 heteroatoms. The summed E-state index contributed by atoms with van der Waals surface area (Å²) in [6.07, 6.45) is 2.20. The summed E-state index contributed by atoms with van der Waals surface area (Å²) in [7, 11) is 1.44. The van der Waals surface area contributed by atoms with E-state index in [9.17, 15) is 4.79 Å². The van der Waals surface area contributed by atoms with Gasteiger partial charge in [-0.3, -0.25) is 4.98 Å². The van der Waals surface area contributed by atoms with Crippen molar-refractivity contribution in [3.63, 3.8) is 0 Å². The molecule has 1 amide bonds. The van der Waals surface area contributed by atoms with Crippen LogP contribution in [0.3, 0.4) is 0 Å². The molecule has 0 unspecified atom stereocenters. The van der Waals surface area contributed by atoms with Crippen molar-refractivity contribution in [1.82, 2.24) is 19.7 Å². The minimum Gasteiger partial charge on any atom is -0.465 e. The van der Waals surface area contributed by atoms with E-state index in [0.717, 1.165) is 10.5 Å². The molecule has 0 aromatic carbocycles. The van der Waals surface area contributed by atoms with Gasteiger partial charge in [0.05, 0.1) is 6.54 Å². The maximum atomic E-state index is 11.0. The van der Waals surface area contributed by atoms with Crippen molar-refractivity contribution in [3.8, 4) is 11.4 Å². The Labute approximate surface area is 118 Å². The summed E-state index contributed by atoms with van der Waals surface area (Å²) in [4.78, 5) is 20.3. The molecular formula is C11H12BrN5O2. The third kappa shape index (κ3) is 2.90. The van der Waals surface area contributed by atoms with Crippen molar-refractivity contribution in [1.29, 1.82) is 0 Å². The van der Waals surface area contributed by atoms with Crippen LogP contribution in [-0.4, -0.2) is 43.3 Å². The summed E-state index contributed by atoms with van der Waals surface area (Å²) in [5.41, 5.74) is 0.795. The first-order valence-corrected chi connectivity index (χ1v) is 6.63. The summed E-state index contributed by atoms with van der Waals surface area (Å²) < 4.78 is 1.55. The van der Waals surface area contributed by atoms with E-state index in [1.54, 1.807) is 29.2 Å². The molecule has 0 bridgehead atoms. The number of halogens is 1. The van der Waals surface area contributed by atoms with Crippen LogP contribution in [0.4, 0.5) is 10.7 Å². The van der Waals surface area contributed by atoms with E-state index >= 15 is 0 Å². The average molecular weight is 326 g/mol. The first kappa shape index (κ1) is 13.5. The zero-order chi connectivity index (χ0) is 13.8. The molecule has 0 saturated carbocycles. The van der Waals surface area contributed by atoms with Gasteiger partial charge in [-0.1, -0.05) is 15.9 Å². The first-order valence-electron chi connectivity index (χ1n) is 5.51. The number of aromatic nitrogens is 4. The molecule has 0 saturated heterocycles. The van der Waals surface area contributed by atoms with Crippen LogP contribution in [0.15, 0.2) is 24.5 Å². The summed E-state index contributed by atoms with van der Waals surface area (Å²) in [5.74, 6) is 0.769. The molecule has 1 N–H and O–H groups in total. The summed E-state index contributed by atoms with van der Waals surface area (Å²) in [6, 6.07) is 3.55. The van der Waals surface area contributed by atoms with Gasteiger partial charge in [0.25, 0.3) is 0 Å². The molecule has 0 aliphatic rings. The Bertz CT molecular complexity index is 572. The van der Waals surface area contributed by atoms with Gasteiger partial charge in [0.1, 0.15) is 0 Å². The van der Waals surface area contributed by atoms with E-state index in [1.165, 1.54) is 7.05 Å². The predicted molar refractivity (Wildman–Crippen MR) is 73.5 cm³/mol. The van der Waals surface area contributed by atoms with Crippen LogP contribution in [0, 0.1) is 0 Å². The van der Waals surface area contributed by atoms with Crippen LogP contribution in [0.2, 0.25) is 0 Å². The predicted octanol–water partition coefficient (Wildman–Crippen LogP) is 1.85. The highest BCUT2D eigenvalue weighted by atomic mass is 79.9. The van der Waals surface area contributed by atoms with Gasteiger partial charge < -0.3 is 5.11 Å². The molecule has 7 nitrogen and oxygen atoms in total. The van der Waals surface area contributed by atoms with Crippen molar-refractivity contribution >= 4 is 28.0 Å². The van der Waals surface area contributed by atoms with Gasteiger partial charge in [-0.25, -0.2) is 14.4 Å². The lowest BCUT2D eigenvalue weighted by Crippen LogP contribution is -2.27. The van der Waals surface area contributed by atoms with Gasteiger partial charge in [0.2, 0.25) is 5.95 Å². The lowest BCUT2D eigenvalue weighted by molar-refractivity contribution is 0.202. The lowest BCUT2D eigenvalue weighted by Gasteiger charge is -2.11. The highest BCUT2D eigenvalue weighted by Crippen LogP contribution is 2.19. The highest BCUT2D eigenvalue weighted by molar-refractivity contribution is 9.09. The molecule has 2 aromatic heterocycles. The fourth-order valence-corrected chi connectivity index (χ4v) is 1.86. The molecule has 2 heterocycles. The number of aryl methyl sites for hydroxylation is 1. The number of anilines is 1. The van der Waals surface area contributed by atoms with Gasteiger partial charge in [0.15, 0.2) is 5.82 Å². The number of nitrogens with zero attached hydrogens (tertiary/aromatic N) is 5. The maximum absolute atomic E-state index is 11.0. The second kappa shape index (κ2) is 5.79. The first-order chi connectivity index (χ1) is 9.13. The third-order valence-corrected chi connectivity index (χ3v) is 2.83. The fourth-order valence-electron chi connectivity index (χ4n) is 1.52. The van der Waals surface area contributed by atoms with Crippen LogP contribution >= 0.6 is 15.9 Å². The Hall–Kier alpha value is -1.96. The van der Waals surface area contributed by atoms with Crippen LogP contribution in [0.1, 0.15) is 0 Å². The minimum absolute atomic E-state index is 0.291. The van der Waals surface area contributed by atoms with Crippen LogP contribution < -0.4 is 4.90 Å². The Kier molecular flexibility index (Phi) is 4.10. The molecule has 2 rings (SSSR count). The fraction of sp³-hybridized carbons (Fsp3) is 0.273. The Morgan fingerprint density at radius 3 is 2.74 bits per heavy atom. The molecular weight excluding hydrogens is 314 g/mol. The van der Waals surface area contributed by atoms with Gasteiger partial charge in [-0.2, -0.15) is 4.98 Å². The third-order valence-electron chi connectivity index (χ3n) is 2.47. The number of carbonyl (C=O) groups is 1. The van der Waals surface area contributed by atoms with E-state index < -0.39 is 6.09 Å². The summed E-state index contributed by atoms with van der Waals surface area (Å²) in [5, 5.41) is 14.0. The van der Waals surface area contributed by atoms with E-state index in [-0.39, 0.29) is 0 Å². The number of pyridine rings is 1. The van der Waals surface area contributed by atoms with Crippen molar-refractivity contribution < 1.29 is 9.90 Å². The monoisotopic (exact) mass is 325 g/mol. The topological polar surface area (TPSA) is 84.1 Å². The molecule has 0 fully saturated rings. The zero-order valence-electron chi connectivity index (χ0n) is 10.2. The summed E-state index contributed by atoms with van der Waals surface area (Å²) in [6.45, 7) is 0.533. The van der Waals surface area contributed by atoms with E-state index in [2.05, 4.69) is 31.0 Å². The molecule has 100 valence electrons. The normalized spacial score (nSPS) is 10.4. The second-order valence-corrected chi connectivity index (χ2v) is 4.52. The Balaban J connectivity index is 2.43. The van der Waals surface area contributed by atoms with Crippen molar-refractivity contribution in [2.75, 3.05) is 17.3 Å².